The maximum absolute atomic E-state index is 2.30. The minimum absolute atomic E-state index is 0.701. The van der Waals surface area contributed by atoms with E-state index < -0.39 is 0 Å². The van der Waals surface area contributed by atoms with E-state index in [9.17, 15) is 0 Å². The first-order chi connectivity index (χ1) is 6.45. The Labute approximate surface area is 79.6 Å². The molecule has 1 unspecified atom stereocenters. The molecule has 66 valence electrons. The van der Waals surface area contributed by atoms with Gasteiger partial charge in [-0.05, 0) is 24.3 Å². The maximum atomic E-state index is 2.30. The molecular formula is C13H14. The first-order valence-corrected chi connectivity index (χ1v) is 4.82. The molecule has 0 radical (unpaired) electrons. The topological polar surface area (TPSA) is 0 Å². The Morgan fingerprint density at radius 2 is 1.92 bits per heavy atom. The molecule has 0 aromatic heterocycles. The average molecular weight is 170 g/mol. The molecular weight excluding hydrogens is 156 g/mol. The van der Waals surface area contributed by atoms with Crippen LogP contribution in [0.1, 0.15) is 12.0 Å². The summed E-state index contributed by atoms with van der Waals surface area (Å²) in [5.74, 6) is 0.701. The summed E-state index contributed by atoms with van der Waals surface area (Å²) in [6, 6.07) is 10.7. The molecule has 0 aliphatic heterocycles. The summed E-state index contributed by atoms with van der Waals surface area (Å²) in [4.78, 5) is 0. The van der Waals surface area contributed by atoms with Gasteiger partial charge in [0.2, 0.25) is 0 Å². The summed E-state index contributed by atoms with van der Waals surface area (Å²) in [5.41, 5.74) is 1.44. The van der Waals surface area contributed by atoms with Gasteiger partial charge in [-0.3, -0.25) is 0 Å². The van der Waals surface area contributed by atoms with E-state index in [0.29, 0.717) is 5.92 Å². The third-order valence-corrected chi connectivity index (χ3v) is 2.41. The van der Waals surface area contributed by atoms with E-state index in [1.54, 1.807) is 0 Å². The number of rotatable bonds is 2. The van der Waals surface area contributed by atoms with Crippen LogP contribution in [0.15, 0.2) is 54.6 Å². The lowest BCUT2D eigenvalue weighted by Crippen LogP contribution is -2.01. The molecule has 1 aromatic rings. The van der Waals surface area contributed by atoms with Crippen molar-refractivity contribution in [1.29, 1.82) is 0 Å². The number of benzene rings is 1. The van der Waals surface area contributed by atoms with Crippen LogP contribution in [0.4, 0.5) is 0 Å². The Balaban J connectivity index is 1.99. The van der Waals surface area contributed by atoms with Gasteiger partial charge in [0, 0.05) is 0 Å². The van der Waals surface area contributed by atoms with Crippen molar-refractivity contribution in [1.82, 2.24) is 0 Å². The Morgan fingerprint density at radius 3 is 2.62 bits per heavy atom. The highest BCUT2D eigenvalue weighted by Crippen LogP contribution is 2.16. The molecule has 1 atom stereocenters. The number of allylic oxidation sites excluding steroid dienone is 4. The van der Waals surface area contributed by atoms with Crippen molar-refractivity contribution in [3.05, 3.63) is 60.2 Å². The molecule has 0 N–H and O–H groups in total. The quantitative estimate of drug-likeness (QED) is 0.638. The third-order valence-electron chi connectivity index (χ3n) is 2.41. The average Bonchev–Trinajstić information content (AvgIpc) is 2.21. The molecule has 0 amide bonds. The Hall–Kier alpha value is -1.30. The van der Waals surface area contributed by atoms with Crippen molar-refractivity contribution in [3.63, 3.8) is 0 Å². The molecule has 1 aliphatic carbocycles. The molecule has 0 fully saturated rings. The second kappa shape index (κ2) is 4.08. The third kappa shape index (κ3) is 2.32. The van der Waals surface area contributed by atoms with Gasteiger partial charge in [-0.15, -0.1) is 0 Å². The van der Waals surface area contributed by atoms with Crippen LogP contribution >= 0.6 is 0 Å². The highest BCUT2D eigenvalue weighted by molar-refractivity contribution is 5.19. The minimum Gasteiger partial charge on any atom is -0.0840 e. The lowest BCUT2D eigenvalue weighted by atomic mass is 9.93. The Morgan fingerprint density at radius 1 is 1.08 bits per heavy atom. The second-order valence-corrected chi connectivity index (χ2v) is 3.50. The van der Waals surface area contributed by atoms with E-state index in [1.165, 1.54) is 18.4 Å². The molecule has 13 heavy (non-hydrogen) atoms. The second-order valence-electron chi connectivity index (χ2n) is 3.50. The Kier molecular flexibility index (Phi) is 2.61. The molecule has 0 heteroatoms. The fourth-order valence-electron chi connectivity index (χ4n) is 1.70. The highest BCUT2D eigenvalue weighted by Gasteiger charge is 2.05. The zero-order chi connectivity index (χ0) is 8.93. The monoisotopic (exact) mass is 170 g/mol. The van der Waals surface area contributed by atoms with Crippen LogP contribution in [-0.4, -0.2) is 0 Å². The summed E-state index contributed by atoms with van der Waals surface area (Å²) >= 11 is 0. The van der Waals surface area contributed by atoms with Gasteiger partial charge in [0.15, 0.2) is 0 Å². The highest BCUT2D eigenvalue weighted by atomic mass is 14.1. The smallest absolute Gasteiger partial charge is 0.0155 e. The fraction of sp³-hybridized carbons (Fsp3) is 0.231. The minimum atomic E-state index is 0.701. The van der Waals surface area contributed by atoms with E-state index in [1.807, 2.05) is 0 Å². The molecule has 0 spiro atoms. The van der Waals surface area contributed by atoms with Gasteiger partial charge in [0.25, 0.3) is 0 Å². The normalized spacial score (nSPS) is 20.5. The predicted octanol–water partition coefficient (Wildman–Crippen LogP) is 3.36. The lowest BCUT2D eigenvalue weighted by Gasteiger charge is -2.12. The molecule has 0 heterocycles. The van der Waals surface area contributed by atoms with Crippen LogP contribution in [0.3, 0.4) is 0 Å². The molecule has 0 nitrogen and oxygen atoms in total. The fourth-order valence-corrected chi connectivity index (χ4v) is 1.70. The van der Waals surface area contributed by atoms with Gasteiger partial charge in [-0.25, -0.2) is 0 Å². The van der Waals surface area contributed by atoms with Crippen LogP contribution in [0.2, 0.25) is 0 Å². The zero-order valence-corrected chi connectivity index (χ0v) is 7.69. The summed E-state index contributed by atoms with van der Waals surface area (Å²) in [6.07, 6.45) is 11.2. The van der Waals surface area contributed by atoms with Gasteiger partial charge in [-0.1, -0.05) is 54.6 Å². The first kappa shape index (κ1) is 8.31. The standard InChI is InChI=1S/C13H14/c1-3-7-12(8-4-1)11-13-9-5-2-6-10-13/h1-9,13H,10-11H2. The molecule has 0 saturated carbocycles. The van der Waals surface area contributed by atoms with Crippen molar-refractivity contribution in [2.24, 2.45) is 5.92 Å². The van der Waals surface area contributed by atoms with Gasteiger partial charge >= 0.3 is 0 Å². The van der Waals surface area contributed by atoms with Gasteiger partial charge in [0.1, 0.15) is 0 Å². The number of hydrogen-bond acceptors (Lipinski definition) is 0. The Bertz CT molecular complexity index is 306. The lowest BCUT2D eigenvalue weighted by molar-refractivity contribution is 0.653. The van der Waals surface area contributed by atoms with E-state index in [-0.39, 0.29) is 0 Å². The molecule has 1 aromatic carbocycles. The van der Waals surface area contributed by atoms with Crippen molar-refractivity contribution in [2.75, 3.05) is 0 Å². The van der Waals surface area contributed by atoms with Gasteiger partial charge in [-0.2, -0.15) is 0 Å². The molecule has 0 bridgehead atoms. The van der Waals surface area contributed by atoms with Crippen molar-refractivity contribution < 1.29 is 0 Å². The van der Waals surface area contributed by atoms with Crippen molar-refractivity contribution in [2.45, 2.75) is 12.8 Å². The van der Waals surface area contributed by atoms with Crippen LogP contribution in [-0.2, 0) is 6.42 Å². The zero-order valence-electron chi connectivity index (χ0n) is 7.69. The van der Waals surface area contributed by atoms with Gasteiger partial charge in [0.05, 0.1) is 0 Å². The SMILES string of the molecule is C1=CCC(Cc2ccccc2)C=C1. The van der Waals surface area contributed by atoms with Crippen LogP contribution in [0.5, 0.6) is 0 Å². The summed E-state index contributed by atoms with van der Waals surface area (Å²) in [6.45, 7) is 0. The van der Waals surface area contributed by atoms with E-state index in [2.05, 4.69) is 54.6 Å². The van der Waals surface area contributed by atoms with Crippen LogP contribution in [0, 0.1) is 5.92 Å². The maximum Gasteiger partial charge on any atom is -0.0155 e. The van der Waals surface area contributed by atoms with Crippen LogP contribution < -0.4 is 0 Å². The van der Waals surface area contributed by atoms with Crippen LogP contribution in [0.25, 0.3) is 0 Å². The number of hydrogen-bond donors (Lipinski definition) is 0. The van der Waals surface area contributed by atoms with E-state index in [0.717, 1.165) is 0 Å². The molecule has 1 aliphatic rings. The largest absolute Gasteiger partial charge is 0.0840 e. The molecule has 0 saturated heterocycles. The van der Waals surface area contributed by atoms with Crippen molar-refractivity contribution in [3.8, 4) is 0 Å². The van der Waals surface area contributed by atoms with E-state index in [4.69, 9.17) is 0 Å². The summed E-state index contributed by atoms with van der Waals surface area (Å²) in [5, 5.41) is 0. The summed E-state index contributed by atoms with van der Waals surface area (Å²) < 4.78 is 0. The summed E-state index contributed by atoms with van der Waals surface area (Å²) in [7, 11) is 0. The molecule has 2 rings (SSSR count). The van der Waals surface area contributed by atoms with Crippen molar-refractivity contribution >= 4 is 0 Å². The van der Waals surface area contributed by atoms with E-state index >= 15 is 0 Å². The van der Waals surface area contributed by atoms with Gasteiger partial charge < -0.3 is 0 Å². The predicted molar refractivity (Wildman–Crippen MR) is 56.5 cm³/mol. The first-order valence-electron chi connectivity index (χ1n) is 4.82.